The van der Waals surface area contributed by atoms with Crippen LogP contribution in [-0.2, 0) is 11.3 Å². The van der Waals surface area contributed by atoms with Gasteiger partial charge in [0.2, 0.25) is 11.6 Å². The summed E-state index contributed by atoms with van der Waals surface area (Å²) < 4.78 is 0. The molecule has 11 heteroatoms. The lowest BCUT2D eigenvalue weighted by Crippen LogP contribution is -2.24. The number of rotatable bonds is 6. The number of nitrogens with zero attached hydrogens (tertiary/aromatic N) is 6. The number of tetrazole rings is 1. The van der Waals surface area contributed by atoms with Crippen molar-refractivity contribution in [2.75, 3.05) is 0 Å². The third-order valence-corrected chi connectivity index (χ3v) is 3.41. The fraction of sp³-hybridized carbons (Fsp3) is 0.0625. The number of nitrogens with one attached hydrogen (secondary N) is 1. The summed E-state index contributed by atoms with van der Waals surface area (Å²) in [6, 6.07) is 13.1. The van der Waals surface area contributed by atoms with Gasteiger partial charge in [0.1, 0.15) is 6.54 Å². The summed E-state index contributed by atoms with van der Waals surface area (Å²) in [5.74, 6) is -0.687. The van der Waals surface area contributed by atoms with Crippen molar-refractivity contribution in [2.24, 2.45) is 5.10 Å². The van der Waals surface area contributed by atoms with Crippen molar-refractivity contribution < 1.29 is 14.8 Å². The molecule has 0 aliphatic carbocycles. The number of hydrazone groups is 1. The third kappa shape index (κ3) is 4.28. The maximum absolute atomic E-state index is 11.9. The number of para-hydroxylation sites is 1. The number of phenols is 1. The van der Waals surface area contributed by atoms with Gasteiger partial charge in [-0.2, -0.15) is 9.90 Å². The zero-order valence-corrected chi connectivity index (χ0v) is 13.8. The Bertz CT molecular complexity index is 1000. The molecule has 3 rings (SSSR count). The minimum atomic E-state index is -0.716. The van der Waals surface area contributed by atoms with E-state index in [4.69, 9.17) is 0 Å². The Morgan fingerprint density at radius 3 is 2.78 bits per heavy atom. The van der Waals surface area contributed by atoms with Crippen LogP contribution in [0.5, 0.6) is 5.75 Å². The van der Waals surface area contributed by atoms with Crippen molar-refractivity contribution in [3.8, 4) is 17.1 Å². The highest BCUT2D eigenvalue weighted by molar-refractivity contribution is 5.86. The first kappa shape index (κ1) is 17.7. The van der Waals surface area contributed by atoms with Crippen molar-refractivity contribution in [2.45, 2.75) is 6.54 Å². The summed E-state index contributed by atoms with van der Waals surface area (Å²) in [6.07, 6.45) is 1.10. The second kappa shape index (κ2) is 7.82. The number of aromatic nitrogens is 4. The van der Waals surface area contributed by atoms with Gasteiger partial charge in [-0.25, -0.2) is 5.43 Å². The van der Waals surface area contributed by atoms with Gasteiger partial charge in [0.15, 0.2) is 0 Å². The lowest BCUT2D eigenvalue weighted by molar-refractivity contribution is -0.385. The Morgan fingerprint density at radius 2 is 2.04 bits per heavy atom. The van der Waals surface area contributed by atoms with Gasteiger partial charge < -0.3 is 5.11 Å². The van der Waals surface area contributed by atoms with E-state index in [1.165, 1.54) is 12.1 Å². The Hall–Kier alpha value is -4.15. The molecule has 0 spiro atoms. The average molecular weight is 367 g/mol. The molecule has 27 heavy (non-hydrogen) atoms. The Kier molecular flexibility index (Phi) is 5.12. The quantitative estimate of drug-likeness (QED) is 0.376. The van der Waals surface area contributed by atoms with Gasteiger partial charge in [-0.3, -0.25) is 14.9 Å². The molecule has 1 amide bonds. The van der Waals surface area contributed by atoms with Crippen LogP contribution in [0.3, 0.4) is 0 Å². The number of nitro benzene ring substituents is 1. The molecule has 2 aromatic carbocycles. The first-order valence-corrected chi connectivity index (χ1v) is 7.66. The Labute approximate surface area is 152 Å². The van der Waals surface area contributed by atoms with Gasteiger partial charge in [0, 0.05) is 17.2 Å². The number of hydrogen-bond acceptors (Lipinski definition) is 8. The second-order valence-corrected chi connectivity index (χ2v) is 5.27. The predicted octanol–water partition coefficient (Wildman–Crippen LogP) is 1.10. The number of nitro groups is 1. The van der Waals surface area contributed by atoms with E-state index in [9.17, 15) is 20.0 Å². The molecule has 0 saturated heterocycles. The van der Waals surface area contributed by atoms with Crippen LogP contribution < -0.4 is 5.43 Å². The summed E-state index contributed by atoms with van der Waals surface area (Å²) in [5, 5.41) is 36.0. The molecule has 0 fully saturated rings. The maximum atomic E-state index is 11.9. The van der Waals surface area contributed by atoms with E-state index in [1.807, 2.05) is 30.3 Å². The first-order chi connectivity index (χ1) is 13.0. The normalized spacial score (nSPS) is 10.8. The molecule has 136 valence electrons. The molecule has 0 saturated carbocycles. The van der Waals surface area contributed by atoms with Gasteiger partial charge in [-0.05, 0) is 11.3 Å². The maximum Gasteiger partial charge on any atom is 0.311 e. The highest BCUT2D eigenvalue weighted by Crippen LogP contribution is 2.27. The van der Waals surface area contributed by atoms with Gasteiger partial charge in [0.05, 0.1) is 11.1 Å². The molecule has 0 aliphatic rings. The molecule has 0 radical (unpaired) electrons. The molecule has 3 aromatic rings. The molecule has 1 heterocycles. The van der Waals surface area contributed by atoms with Crippen molar-refractivity contribution >= 4 is 17.8 Å². The Balaban J connectivity index is 1.61. The van der Waals surface area contributed by atoms with Crippen molar-refractivity contribution in [1.29, 1.82) is 0 Å². The average Bonchev–Trinajstić information content (AvgIpc) is 3.12. The first-order valence-electron chi connectivity index (χ1n) is 7.66. The van der Waals surface area contributed by atoms with E-state index in [0.717, 1.165) is 22.6 Å². The SMILES string of the molecule is O=C(Cn1nnc(-c2ccccc2)n1)N/N=C\c1cccc([N+](=O)[O-])c1O. The summed E-state index contributed by atoms with van der Waals surface area (Å²) in [6.45, 7) is -0.224. The molecule has 2 N–H and O–H groups in total. The van der Waals surface area contributed by atoms with Gasteiger partial charge in [-0.1, -0.05) is 36.4 Å². The molecule has 0 atom stereocenters. The minimum Gasteiger partial charge on any atom is -0.502 e. The zero-order chi connectivity index (χ0) is 19.2. The fourth-order valence-electron chi connectivity index (χ4n) is 2.15. The van der Waals surface area contributed by atoms with Crippen molar-refractivity contribution in [1.82, 2.24) is 25.6 Å². The van der Waals surface area contributed by atoms with Crippen LogP contribution in [-0.4, -0.2) is 42.4 Å². The monoisotopic (exact) mass is 367 g/mol. The molecular formula is C16H13N7O4. The molecule has 0 aliphatic heterocycles. The van der Waals surface area contributed by atoms with Crippen LogP contribution in [0.1, 0.15) is 5.56 Å². The summed E-state index contributed by atoms with van der Waals surface area (Å²) in [5.41, 5.74) is 2.63. The molecular weight excluding hydrogens is 354 g/mol. The third-order valence-electron chi connectivity index (χ3n) is 3.41. The molecule has 0 unspecified atom stereocenters. The van der Waals surface area contributed by atoms with E-state index in [2.05, 4.69) is 25.9 Å². The van der Waals surface area contributed by atoms with Crippen LogP contribution in [0, 0.1) is 10.1 Å². The van der Waals surface area contributed by atoms with E-state index in [-0.39, 0.29) is 12.1 Å². The number of benzene rings is 2. The standard InChI is InChI=1S/C16H13N7O4/c24-14(10-22-20-16(19-21-22)11-5-2-1-3-6-11)18-17-9-12-7-4-8-13(15(12)25)23(26)27/h1-9,25H,10H2,(H,18,24)/b17-9-. The van der Waals surface area contributed by atoms with E-state index >= 15 is 0 Å². The van der Waals surface area contributed by atoms with E-state index in [1.54, 1.807) is 0 Å². The minimum absolute atomic E-state index is 0.0924. The fourth-order valence-corrected chi connectivity index (χ4v) is 2.15. The van der Waals surface area contributed by atoms with Gasteiger partial charge >= 0.3 is 5.69 Å². The van der Waals surface area contributed by atoms with Crippen molar-refractivity contribution in [3.63, 3.8) is 0 Å². The summed E-state index contributed by atoms with van der Waals surface area (Å²) in [7, 11) is 0. The largest absolute Gasteiger partial charge is 0.502 e. The number of phenolic OH excluding ortho intramolecular Hbond substituents is 1. The topological polar surface area (TPSA) is 148 Å². The number of amides is 1. The van der Waals surface area contributed by atoms with Crippen LogP contribution >= 0.6 is 0 Å². The van der Waals surface area contributed by atoms with E-state index in [0.29, 0.717) is 5.82 Å². The highest BCUT2D eigenvalue weighted by atomic mass is 16.6. The van der Waals surface area contributed by atoms with Crippen LogP contribution in [0.15, 0.2) is 53.6 Å². The Morgan fingerprint density at radius 1 is 1.26 bits per heavy atom. The number of carbonyl (C=O) groups is 1. The second-order valence-electron chi connectivity index (χ2n) is 5.27. The molecule has 0 bridgehead atoms. The number of hydrogen-bond donors (Lipinski definition) is 2. The zero-order valence-electron chi connectivity index (χ0n) is 13.8. The van der Waals surface area contributed by atoms with Gasteiger partial charge in [0.25, 0.3) is 5.91 Å². The van der Waals surface area contributed by atoms with E-state index < -0.39 is 22.3 Å². The highest BCUT2D eigenvalue weighted by Gasteiger charge is 2.15. The van der Waals surface area contributed by atoms with Crippen molar-refractivity contribution in [3.05, 3.63) is 64.2 Å². The smallest absolute Gasteiger partial charge is 0.311 e. The van der Waals surface area contributed by atoms with Crippen LogP contribution in [0.25, 0.3) is 11.4 Å². The predicted molar refractivity (Wildman–Crippen MR) is 93.8 cm³/mol. The van der Waals surface area contributed by atoms with Crippen LogP contribution in [0.4, 0.5) is 5.69 Å². The number of carbonyl (C=O) groups excluding carboxylic acids is 1. The summed E-state index contributed by atoms with van der Waals surface area (Å²) >= 11 is 0. The number of aromatic hydroxyl groups is 1. The molecule has 11 nitrogen and oxygen atoms in total. The van der Waals surface area contributed by atoms with Gasteiger partial charge in [-0.15, -0.1) is 10.2 Å². The lowest BCUT2D eigenvalue weighted by Gasteiger charge is -2.00. The summed E-state index contributed by atoms with van der Waals surface area (Å²) in [4.78, 5) is 23.0. The lowest BCUT2D eigenvalue weighted by atomic mass is 10.2. The van der Waals surface area contributed by atoms with Crippen LogP contribution in [0.2, 0.25) is 0 Å². The molecule has 1 aromatic heterocycles.